The Hall–Kier alpha value is -1.14. The Bertz CT molecular complexity index is 340. The molecule has 22 heavy (non-hydrogen) atoms. The van der Waals surface area contributed by atoms with E-state index in [-0.39, 0.29) is 23.5 Å². The van der Waals surface area contributed by atoms with E-state index in [1.54, 1.807) is 14.0 Å². The van der Waals surface area contributed by atoms with Crippen molar-refractivity contribution in [1.82, 2.24) is 10.2 Å². The third-order valence-corrected chi connectivity index (χ3v) is 3.14. The number of likely N-dealkylation sites (N-methyl/N-ethyl adjacent to an activating group) is 1. The number of carbonyl (C=O) groups is 2. The highest BCUT2D eigenvalue weighted by Crippen LogP contribution is 2.14. The van der Waals surface area contributed by atoms with Crippen LogP contribution in [0, 0.1) is 0 Å². The van der Waals surface area contributed by atoms with Crippen LogP contribution in [-0.4, -0.2) is 62.3 Å². The van der Waals surface area contributed by atoms with E-state index in [1.807, 2.05) is 27.8 Å². The Morgan fingerprint density at radius 2 is 1.95 bits per heavy atom. The maximum absolute atomic E-state index is 11.5. The molecule has 0 aromatic rings. The molecule has 1 aliphatic heterocycles. The van der Waals surface area contributed by atoms with Crippen LogP contribution in [0.3, 0.4) is 0 Å². The molecule has 0 aromatic carbocycles. The number of hydrogen-bond acceptors (Lipinski definition) is 5. The number of esters is 1. The van der Waals surface area contributed by atoms with Gasteiger partial charge < -0.3 is 14.8 Å². The van der Waals surface area contributed by atoms with Gasteiger partial charge in [-0.2, -0.15) is 0 Å². The topological polar surface area (TPSA) is 67.9 Å². The van der Waals surface area contributed by atoms with Gasteiger partial charge in [0.1, 0.15) is 5.60 Å². The number of nitrogens with zero attached hydrogens (tertiary/aromatic N) is 1. The van der Waals surface area contributed by atoms with Crippen LogP contribution in [0.15, 0.2) is 0 Å². The van der Waals surface area contributed by atoms with Crippen LogP contribution < -0.4 is 5.32 Å². The summed E-state index contributed by atoms with van der Waals surface area (Å²) in [6.07, 6.45) is 2.56. The van der Waals surface area contributed by atoms with Gasteiger partial charge in [0, 0.05) is 20.1 Å². The third kappa shape index (κ3) is 9.73. The average Bonchev–Trinajstić information content (AvgIpc) is 2.84. The highest BCUT2D eigenvalue weighted by molar-refractivity contribution is 5.81. The molecule has 0 saturated carbocycles. The van der Waals surface area contributed by atoms with Gasteiger partial charge in [0.15, 0.2) is 0 Å². The van der Waals surface area contributed by atoms with Gasteiger partial charge in [0.2, 0.25) is 5.91 Å². The molecule has 1 rings (SSSR count). The van der Waals surface area contributed by atoms with Gasteiger partial charge in [-0.25, -0.2) is 0 Å². The number of carbonyl (C=O) groups excluding carboxylic acids is 2. The van der Waals surface area contributed by atoms with Crippen LogP contribution >= 0.6 is 0 Å². The quantitative estimate of drug-likeness (QED) is 0.616. The van der Waals surface area contributed by atoms with Gasteiger partial charge in [0.05, 0.1) is 12.6 Å². The highest BCUT2D eigenvalue weighted by atomic mass is 16.6. The van der Waals surface area contributed by atoms with Crippen molar-refractivity contribution >= 4 is 11.9 Å². The number of methoxy groups -OCH3 is 1. The molecule has 1 atom stereocenters. The van der Waals surface area contributed by atoms with Gasteiger partial charge in [-0.1, -0.05) is 6.92 Å². The minimum atomic E-state index is -0.326. The van der Waals surface area contributed by atoms with Crippen molar-refractivity contribution in [3.8, 4) is 0 Å². The lowest BCUT2D eigenvalue weighted by Crippen LogP contribution is -2.42. The van der Waals surface area contributed by atoms with Gasteiger partial charge in [-0.3, -0.25) is 14.5 Å². The van der Waals surface area contributed by atoms with Crippen LogP contribution in [0.4, 0.5) is 0 Å². The second kappa shape index (κ2) is 10.6. The maximum Gasteiger partial charge on any atom is 0.306 e. The molecule has 0 spiro atoms. The first-order valence-corrected chi connectivity index (χ1v) is 7.90. The fourth-order valence-electron chi connectivity index (χ4n) is 2.05. The molecule has 1 aliphatic rings. The number of likely N-dealkylation sites (tertiary alicyclic amines) is 1. The summed E-state index contributed by atoms with van der Waals surface area (Å²) in [5.74, 6) is -0.000417. The molecule has 1 heterocycles. The molecule has 6 nitrogen and oxygen atoms in total. The molecule has 1 N–H and O–H groups in total. The summed E-state index contributed by atoms with van der Waals surface area (Å²) in [4.78, 5) is 24.2. The van der Waals surface area contributed by atoms with Crippen LogP contribution in [-0.2, 0) is 19.1 Å². The summed E-state index contributed by atoms with van der Waals surface area (Å²) >= 11 is 0. The van der Waals surface area contributed by atoms with Crippen LogP contribution in [0.25, 0.3) is 0 Å². The Balaban J connectivity index is 0.000000433. The van der Waals surface area contributed by atoms with Gasteiger partial charge >= 0.3 is 5.97 Å². The minimum absolute atomic E-state index is 0.0804. The van der Waals surface area contributed by atoms with E-state index in [0.717, 1.165) is 19.4 Å². The van der Waals surface area contributed by atoms with E-state index >= 15 is 0 Å². The van der Waals surface area contributed by atoms with E-state index in [1.165, 1.54) is 0 Å². The number of amides is 1. The Morgan fingerprint density at radius 3 is 2.32 bits per heavy atom. The number of ether oxygens (including phenoxy) is 2. The van der Waals surface area contributed by atoms with Crippen LogP contribution in [0.5, 0.6) is 0 Å². The molecular formula is C16H32N2O4. The summed E-state index contributed by atoms with van der Waals surface area (Å²) in [6.45, 7) is 9.60. The zero-order chi connectivity index (χ0) is 17.2. The van der Waals surface area contributed by atoms with Crippen molar-refractivity contribution in [2.75, 3.05) is 33.9 Å². The fraction of sp³-hybridized carbons (Fsp3) is 0.875. The molecule has 0 bridgehead atoms. The standard InChI is InChI=1S/C9H18N2O2.C7H14O2/c1-11-6-3-4-8(11)9(12)10-5-7-13-2;1-5-6(8)9-7(2,3)4/h8H,3-7H2,1-2H3,(H,10,12);5H2,1-4H3. The first kappa shape index (κ1) is 20.9. The largest absolute Gasteiger partial charge is 0.460 e. The number of hydrogen-bond donors (Lipinski definition) is 1. The number of nitrogens with one attached hydrogen (secondary N) is 1. The summed E-state index contributed by atoms with van der Waals surface area (Å²) in [7, 11) is 3.63. The normalized spacial score (nSPS) is 18.4. The zero-order valence-corrected chi connectivity index (χ0v) is 14.9. The predicted octanol–water partition coefficient (Wildman–Crippen LogP) is 1.58. The summed E-state index contributed by atoms with van der Waals surface area (Å²) in [5.41, 5.74) is -0.326. The summed E-state index contributed by atoms with van der Waals surface area (Å²) < 4.78 is 9.80. The van der Waals surface area contributed by atoms with E-state index in [2.05, 4.69) is 10.2 Å². The van der Waals surface area contributed by atoms with E-state index in [4.69, 9.17) is 9.47 Å². The Labute approximate surface area is 134 Å². The second-order valence-electron chi connectivity index (χ2n) is 6.36. The van der Waals surface area contributed by atoms with E-state index in [0.29, 0.717) is 19.6 Å². The lowest BCUT2D eigenvalue weighted by molar-refractivity contribution is -0.154. The van der Waals surface area contributed by atoms with Crippen molar-refractivity contribution in [2.45, 2.75) is 58.6 Å². The van der Waals surface area contributed by atoms with Crippen molar-refractivity contribution in [3.05, 3.63) is 0 Å². The summed E-state index contributed by atoms with van der Waals surface area (Å²) in [6, 6.07) is 0.0804. The van der Waals surface area contributed by atoms with Crippen LogP contribution in [0.2, 0.25) is 0 Å². The molecule has 0 radical (unpaired) electrons. The molecule has 1 fully saturated rings. The molecular weight excluding hydrogens is 284 g/mol. The second-order valence-corrected chi connectivity index (χ2v) is 6.36. The predicted molar refractivity (Wildman–Crippen MR) is 86.7 cm³/mol. The molecule has 0 aliphatic carbocycles. The average molecular weight is 316 g/mol. The molecule has 1 saturated heterocycles. The zero-order valence-electron chi connectivity index (χ0n) is 14.9. The SMILES string of the molecule is CCC(=O)OC(C)(C)C.COCCNC(=O)C1CCCN1C. The van der Waals surface area contributed by atoms with Gasteiger partial charge in [-0.15, -0.1) is 0 Å². The minimum Gasteiger partial charge on any atom is -0.460 e. The maximum atomic E-state index is 11.5. The van der Waals surface area contributed by atoms with E-state index in [9.17, 15) is 9.59 Å². The van der Waals surface area contributed by atoms with Gasteiger partial charge in [0.25, 0.3) is 0 Å². The third-order valence-electron chi connectivity index (χ3n) is 3.14. The Kier molecular flexibility index (Phi) is 10.0. The molecule has 130 valence electrons. The first-order chi connectivity index (χ1) is 10.2. The number of rotatable bonds is 5. The van der Waals surface area contributed by atoms with Crippen molar-refractivity contribution < 1.29 is 19.1 Å². The lowest BCUT2D eigenvalue weighted by Gasteiger charge is -2.18. The highest BCUT2D eigenvalue weighted by Gasteiger charge is 2.26. The van der Waals surface area contributed by atoms with Crippen molar-refractivity contribution in [2.24, 2.45) is 0 Å². The summed E-state index contributed by atoms with van der Waals surface area (Å²) in [5, 5.41) is 2.85. The van der Waals surface area contributed by atoms with Crippen molar-refractivity contribution in [3.63, 3.8) is 0 Å². The molecule has 1 amide bonds. The smallest absolute Gasteiger partial charge is 0.306 e. The fourth-order valence-corrected chi connectivity index (χ4v) is 2.05. The molecule has 6 heteroatoms. The molecule has 0 aromatic heterocycles. The van der Waals surface area contributed by atoms with Gasteiger partial charge in [-0.05, 0) is 47.2 Å². The molecule has 1 unspecified atom stereocenters. The van der Waals surface area contributed by atoms with E-state index < -0.39 is 0 Å². The Morgan fingerprint density at radius 1 is 1.32 bits per heavy atom. The van der Waals surface area contributed by atoms with Crippen molar-refractivity contribution in [1.29, 1.82) is 0 Å². The first-order valence-electron chi connectivity index (χ1n) is 7.90. The monoisotopic (exact) mass is 316 g/mol. The lowest BCUT2D eigenvalue weighted by atomic mass is 10.2. The van der Waals surface area contributed by atoms with Crippen LogP contribution in [0.1, 0.15) is 47.0 Å².